The molecule has 2 N–H and O–H groups in total. The molecular formula is C12H15BrFN. The summed E-state index contributed by atoms with van der Waals surface area (Å²) in [6.45, 7) is 3.56. The third-order valence-corrected chi connectivity index (χ3v) is 2.85. The minimum absolute atomic E-state index is 0.598. The highest BCUT2D eigenvalue weighted by atomic mass is 79.9. The molecule has 0 aliphatic carbocycles. The lowest BCUT2D eigenvalue weighted by molar-refractivity contribution is 0.373. The van der Waals surface area contributed by atoms with E-state index in [9.17, 15) is 4.39 Å². The van der Waals surface area contributed by atoms with Gasteiger partial charge in [-0.3, -0.25) is 0 Å². The van der Waals surface area contributed by atoms with E-state index in [4.69, 9.17) is 5.73 Å². The second-order valence-corrected chi connectivity index (χ2v) is 4.28. The van der Waals surface area contributed by atoms with Crippen molar-refractivity contribution in [1.29, 1.82) is 0 Å². The van der Waals surface area contributed by atoms with Crippen molar-refractivity contribution in [1.82, 2.24) is 0 Å². The maximum Gasteiger partial charge on any atom is 0.123 e. The van der Waals surface area contributed by atoms with Crippen molar-refractivity contribution in [2.24, 2.45) is 0 Å². The number of halogens is 2. The van der Waals surface area contributed by atoms with Crippen molar-refractivity contribution in [2.45, 2.75) is 26.4 Å². The third-order valence-electron chi connectivity index (χ3n) is 2.16. The lowest BCUT2D eigenvalue weighted by Crippen LogP contribution is -1.95. The quantitative estimate of drug-likeness (QED) is 0.806. The summed E-state index contributed by atoms with van der Waals surface area (Å²) < 4.78 is 13.9. The smallest absolute Gasteiger partial charge is 0.123 e. The van der Waals surface area contributed by atoms with Gasteiger partial charge >= 0.3 is 0 Å². The number of nitrogen functional groups attached to an aromatic ring is 1. The number of hydrogen-bond acceptors (Lipinski definition) is 1. The van der Waals surface area contributed by atoms with E-state index in [2.05, 4.69) is 22.9 Å². The van der Waals surface area contributed by atoms with Crippen molar-refractivity contribution in [2.75, 3.05) is 5.73 Å². The maximum absolute atomic E-state index is 13.2. The minimum atomic E-state index is -1.01. The van der Waals surface area contributed by atoms with Gasteiger partial charge in [0, 0.05) is 15.7 Å². The maximum atomic E-state index is 13.2. The Kier molecular flexibility index (Phi) is 4.33. The lowest BCUT2D eigenvalue weighted by atomic mass is 10.1. The van der Waals surface area contributed by atoms with E-state index in [0.717, 1.165) is 16.5 Å². The van der Waals surface area contributed by atoms with Crippen LogP contribution >= 0.6 is 15.9 Å². The zero-order chi connectivity index (χ0) is 11.4. The highest BCUT2D eigenvalue weighted by Crippen LogP contribution is 2.30. The molecule has 0 spiro atoms. The number of anilines is 1. The van der Waals surface area contributed by atoms with Crippen molar-refractivity contribution in [3.05, 3.63) is 33.8 Å². The molecule has 1 nitrogen and oxygen atoms in total. The first-order valence-electron chi connectivity index (χ1n) is 4.95. The average Bonchev–Trinajstić information content (AvgIpc) is 2.18. The zero-order valence-electron chi connectivity index (χ0n) is 8.93. The molecule has 1 unspecified atom stereocenters. The van der Waals surface area contributed by atoms with Crippen LogP contribution in [-0.2, 0) is 0 Å². The fourth-order valence-corrected chi connectivity index (χ4v) is 1.99. The van der Waals surface area contributed by atoms with Crippen LogP contribution in [0.25, 0.3) is 6.08 Å². The van der Waals surface area contributed by atoms with Gasteiger partial charge in [-0.2, -0.15) is 0 Å². The molecule has 0 amide bonds. The molecule has 1 aromatic rings. The Bertz CT molecular complexity index is 372. The molecule has 3 heteroatoms. The monoisotopic (exact) mass is 271 g/mol. The predicted molar refractivity (Wildman–Crippen MR) is 67.4 cm³/mol. The summed E-state index contributed by atoms with van der Waals surface area (Å²) >= 11 is 3.34. The topological polar surface area (TPSA) is 26.0 Å². The zero-order valence-corrected chi connectivity index (χ0v) is 10.5. The largest absolute Gasteiger partial charge is 0.398 e. The van der Waals surface area contributed by atoms with Crippen LogP contribution in [0.15, 0.2) is 22.7 Å². The van der Waals surface area contributed by atoms with Crippen molar-refractivity contribution in [3.8, 4) is 0 Å². The summed E-state index contributed by atoms with van der Waals surface area (Å²) in [5.74, 6) is 0. The lowest BCUT2D eigenvalue weighted by Gasteiger charge is -2.09. The predicted octanol–water partition coefficient (Wildman–Crippen LogP) is 4.49. The normalized spacial score (nSPS) is 13.3. The van der Waals surface area contributed by atoms with Crippen molar-refractivity contribution in [3.63, 3.8) is 0 Å². The summed E-state index contributed by atoms with van der Waals surface area (Å²) in [6, 6.07) is 3.54. The van der Waals surface area contributed by atoms with E-state index < -0.39 is 6.17 Å². The van der Waals surface area contributed by atoms with Crippen molar-refractivity contribution < 1.29 is 4.39 Å². The molecule has 0 bridgehead atoms. The minimum Gasteiger partial charge on any atom is -0.398 e. The number of alkyl halides is 1. The second kappa shape index (κ2) is 5.31. The van der Waals surface area contributed by atoms with Crippen LogP contribution in [0, 0.1) is 0 Å². The van der Waals surface area contributed by atoms with Crippen LogP contribution in [0.5, 0.6) is 0 Å². The highest BCUT2D eigenvalue weighted by molar-refractivity contribution is 9.10. The Balaban J connectivity index is 3.13. The summed E-state index contributed by atoms with van der Waals surface area (Å²) in [4.78, 5) is 0. The van der Waals surface area contributed by atoms with Gasteiger partial charge in [-0.25, -0.2) is 4.39 Å². The van der Waals surface area contributed by atoms with Crippen LogP contribution in [0.4, 0.5) is 10.1 Å². The molecule has 0 heterocycles. The van der Waals surface area contributed by atoms with Gasteiger partial charge < -0.3 is 5.73 Å². The summed E-state index contributed by atoms with van der Waals surface area (Å²) in [5.41, 5.74) is 7.97. The third kappa shape index (κ3) is 3.06. The highest BCUT2D eigenvalue weighted by Gasteiger charge is 2.10. The van der Waals surface area contributed by atoms with E-state index in [1.165, 1.54) is 6.92 Å². The molecule has 1 atom stereocenters. The molecule has 0 fully saturated rings. The molecule has 1 aromatic carbocycles. The molecule has 0 saturated heterocycles. The Labute approximate surface area is 98.3 Å². The van der Waals surface area contributed by atoms with E-state index in [0.29, 0.717) is 11.3 Å². The van der Waals surface area contributed by atoms with Gasteiger partial charge in [-0.15, -0.1) is 0 Å². The first-order chi connectivity index (χ1) is 7.06. The van der Waals surface area contributed by atoms with Gasteiger partial charge in [0.25, 0.3) is 0 Å². The van der Waals surface area contributed by atoms with Gasteiger partial charge in [-0.05, 0) is 31.0 Å². The second-order valence-electron chi connectivity index (χ2n) is 3.43. The molecule has 82 valence electrons. The van der Waals surface area contributed by atoms with Gasteiger partial charge in [-0.1, -0.05) is 35.0 Å². The van der Waals surface area contributed by atoms with E-state index in [-0.39, 0.29) is 0 Å². The average molecular weight is 272 g/mol. The molecule has 0 saturated carbocycles. The molecule has 1 rings (SSSR count). The number of rotatable bonds is 3. The standard InChI is InChI=1S/C12H15BrFN/c1-3-4-5-9-6-11(13)10(8(2)14)7-12(9)15/h4-8H,3,15H2,1-2H3/b5-4+. The van der Waals surface area contributed by atoms with Gasteiger partial charge in [0.15, 0.2) is 0 Å². The Hall–Kier alpha value is -0.830. The van der Waals surface area contributed by atoms with Crippen LogP contribution in [-0.4, -0.2) is 0 Å². The van der Waals surface area contributed by atoms with Gasteiger partial charge in [0.1, 0.15) is 6.17 Å². The summed E-state index contributed by atoms with van der Waals surface area (Å²) in [6.07, 6.45) is 3.92. The van der Waals surface area contributed by atoms with Crippen molar-refractivity contribution >= 4 is 27.7 Å². The van der Waals surface area contributed by atoms with E-state index in [1.54, 1.807) is 6.07 Å². The van der Waals surface area contributed by atoms with Gasteiger partial charge in [0.05, 0.1) is 0 Å². The van der Waals surface area contributed by atoms with Crippen LogP contribution in [0.2, 0.25) is 0 Å². The number of allylic oxidation sites excluding steroid dienone is 1. The number of nitrogens with two attached hydrogens (primary N) is 1. The van der Waals surface area contributed by atoms with E-state index >= 15 is 0 Å². The van der Waals surface area contributed by atoms with E-state index in [1.807, 2.05) is 18.2 Å². The Morgan fingerprint density at radius 3 is 2.73 bits per heavy atom. The summed E-state index contributed by atoms with van der Waals surface area (Å²) in [5, 5.41) is 0. The van der Waals surface area contributed by atoms with Crippen LogP contribution in [0.1, 0.15) is 37.6 Å². The fourth-order valence-electron chi connectivity index (χ4n) is 1.32. The van der Waals surface area contributed by atoms with Gasteiger partial charge in [0.2, 0.25) is 0 Å². The SMILES string of the molecule is CC/C=C/c1cc(Br)c(C(C)F)cc1N. The molecule has 0 aromatic heterocycles. The molecule has 15 heavy (non-hydrogen) atoms. The first kappa shape index (κ1) is 12.2. The van der Waals surface area contributed by atoms with Crippen LogP contribution in [0.3, 0.4) is 0 Å². The number of hydrogen-bond donors (Lipinski definition) is 1. The fraction of sp³-hybridized carbons (Fsp3) is 0.333. The summed E-state index contributed by atoms with van der Waals surface area (Å²) in [7, 11) is 0. The molecule has 0 radical (unpaired) electrons. The first-order valence-corrected chi connectivity index (χ1v) is 5.75. The Morgan fingerprint density at radius 2 is 2.20 bits per heavy atom. The molecule has 0 aliphatic rings. The van der Waals surface area contributed by atoms with Crippen LogP contribution < -0.4 is 5.73 Å². The molecule has 0 aliphatic heterocycles. The molecular weight excluding hydrogens is 257 g/mol. The Morgan fingerprint density at radius 1 is 1.53 bits per heavy atom. The number of benzene rings is 1.